The fourth-order valence-electron chi connectivity index (χ4n) is 3.35. The van der Waals surface area contributed by atoms with Crippen LogP contribution in [0.1, 0.15) is 5.89 Å². The summed E-state index contributed by atoms with van der Waals surface area (Å²) < 4.78 is 16.1. The zero-order valence-electron chi connectivity index (χ0n) is 17.5. The molecule has 2 aromatic carbocycles. The van der Waals surface area contributed by atoms with Crippen LogP contribution in [0.25, 0.3) is 11.4 Å². The molecule has 32 heavy (non-hydrogen) atoms. The van der Waals surface area contributed by atoms with Gasteiger partial charge in [-0.15, -0.1) is 0 Å². The molecule has 4 rings (SSSR count). The highest BCUT2D eigenvalue weighted by Gasteiger charge is 2.23. The molecule has 2 heterocycles. The SMILES string of the molecule is COc1ccc(-c2noc(CN3CCN(C(=O)COc4ccc(Cl)cc4Cl)CC3)n2)cc1. The van der Waals surface area contributed by atoms with Crippen LogP contribution in [0.5, 0.6) is 11.5 Å². The second-order valence-electron chi connectivity index (χ2n) is 7.26. The van der Waals surface area contributed by atoms with Gasteiger partial charge in [-0.1, -0.05) is 28.4 Å². The number of benzene rings is 2. The number of carbonyl (C=O) groups excluding carboxylic acids is 1. The first kappa shape index (κ1) is 22.4. The van der Waals surface area contributed by atoms with Crippen molar-refractivity contribution in [3.63, 3.8) is 0 Å². The summed E-state index contributed by atoms with van der Waals surface area (Å²) >= 11 is 12.0. The predicted octanol–water partition coefficient (Wildman–Crippen LogP) is 3.78. The first-order valence-electron chi connectivity index (χ1n) is 10.1. The lowest BCUT2D eigenvalue weighted by molar-refractivity contribution is -0.135. The summed E-state index contributed by atoms with van der Waals surface area (Å²) in [5, 5.41) is 4.96. The van der Waals surface area contributed by atoms with Crippen LogP contribution in [0.4, 0.5) is 0 Å². The van der Waals surface area contributed by atoms with E-state index >= 15 is 0 Å². The molecule has 3 aromatic rings. The van der Waals surface area contributed by atoms with Crippen LogP contribution < -0.4 is 9.47 Å². The van der Waals surface area contributed by atoms with E-state index in [-0.39, 0.29) is 12.5 Å². The number of halogens is 2. The molecule has 0 atom stereocenters. The summed E-state index contributed by atoms with van der Waals surface area (Å²) in [6, 6.07) is 12.4. The third kappa shape index (κ3) is 5.51. The average Bonchev–Trinajstić information content (AvgIpc) is 3.27. The molecular weight excluding hydrogens is 455 g/mol. The fraction of sp³-hybridized carbons (Fsp3) is 0.318. The molecule has 8 nitrogen and oxygen atoms in total. The van der Waals surface area contributed by atoms with Crippen molar-refractivity contribution < 1.29 is 18.8 Å². The smallest absolute Gasteiger partial charge is 0.260 e. The minimum absolute atomic E-state index is 0.0732. The number of piperazine rings is 1. The molecule has 0 bridgehead atoms. The number of ether oxygens (including phenoxy) is 2. The van der Waals surface area contributed by atoms with E-state index in [1.165, 1.54) is 0 Å². The van der Waals surface area contributed by atoms with Gasteiger partial charge in [0.1, 0.15) is 11.5 Å². The van der Waals surface area contributed by atoms with Crippen molar-refractivity contribution in [2.45, 2.75) is 6.54 Å². The van der Waals surface area contributed by atoms with Gasteiger partial charge in [0.25, 0.3) is 5.91 Å². The molecule has 1 aromatic heterocycles. The Morgan fingerprint density at radius 2 is 1.84 bits per heavy atom. The number of methoxy groups -OCH3 is 1. The van der Waals surface area contributed by atoms with Crippen molar-refractivity contribution in [2.75, 3.05) is 39.9 Å². The fourth-order valence-corrected chi connectivity index (χ4v) is 3.81. The minimum atomic E-state index is -0.0877. The van der Waals surface area contributed by atoms with Crippen LogP contribution in [0.15, 0.2) is 47.0 Å². The zero-order chi connectivity index (χ0) is 22.5. The van der Waals surface area contributed by atoms with Crippen LogP contribution >= 0.6 is 23.2 Å². The Morgan fingerprint density at radius 1 is 1.09 bits per heavy atom. The average molecular weight is 477 g/mol. The van der Waals surface area contributed by atoms with Gasteiger partial charge in [0.15, 0.2) is 6.61 Å². The molecule has 1 aliphatic heterocycles. The zero-order valence-corrected chi connectivity index (χ0v) is 19.0. The van der Waals surface area contributed by atoms with Crippen molar-refractivity contribution in [1.29, 1.82) is 0 Å². The van der Waals surface area contributed by atoms with Gasteiger partial charge >= 0.3 is 0 Å². The monoisotopic (exact) mass is 476 g/mol. The summed E-state index contributed by atoms with van der Waals surface area (Å²) in [6.07, 6.45) is 0. The van der Waals surface area contributed by atoms with Gasteiger partial charge in [-0.2, -0.15) is 4.98 Å². The molecule has 1 saturated heterocycles. The predicted molar refractivity (Wildman–Crippen MR) is 120 cm³/mol. The number of amides is 1. The van der Waals surface area contributed by atoms with E-state index in [0.29, 0.717) is 60.2 Å². The standard InChI is InChI=1S/C22H22Cl2N4O4/c1-30-17-5-2-15(3-6-17)22-25-20(32-26-22)13-27-8-10-28(11-9-27)21(29)14-31-19-7-4-16(23)12-18(19)24/h2-7,12H,8-11,13-14H2,1H3. The molecule has 10 heteroatoms. The Morgan fingerprint density at radius 3 is 2.53 bits per heavy atom. The topological polar surface area (TPSA) is 80.9 Å². The second-order valence-corrected chi connectivity index (χ2v) is 8.10. The summed E-state index contributed by atoms with van der Waals surface area (Å²) in [4.78, 5) is 20.9. The van der Waals surface area contributed by atoms with E-state index in [9.17, 15) is 4.79 Å². The Hall–Kier alpha value is -2.81. The summed E-state index contributed by atoms with van der Waals surface area (Å²) in [7, 11) is 1.62. The number of hydrogen-bond donors (Lipinski definition) is 0. The summed E-state index contributed by atoms with van der Waals surface area (Å²) in [5.41, 5.74) is 0.858. The molecule has 0 radical (unpaired) electrons. The molecule has 1 fully saturated rings. The number of carbonyl (C=O) groups is 1. The third-order valence-corrected chi connectivity index (χ3v) is 5.68. The second kappa shape index (κ2) is 10.2. The van der Waals surface area contributed by atoms with Crippen molar-refractivity contribution in [3.05, 3.63) is 58.4 Å². The first-order chi connectivity index (χ1) is 15.5. The van der Waals surface area contributed by atoms with Gasteiger partial charge in [-0.05, 0) is 42.5 Å². The highest BCUT2D eigenvalue weighted by atomic mass is 35.5. The molecule has 0 saturated carbocycles. The Bertz CT molecular complexity index is 1070. The maximum atomic E-state index is 12.5. The molecule has 1 amide bonds. The Labute approximate surface area is 195 Å². The van der Waals surface area contributed by atoms with E-state index in [0.717, 1.165) is 11.3 Å². The van der Waals surface area contributed by atoms with Gasteiger partial charge in [0.2, 0.25) is 11.7 Å². The van der Waals surface area contributed by atoms with E-state index in [4.69, 9.17) is 37.2 Å². The molecule has 0 unspecified atom stereocenters. The number of aromatic nitrogens is 2. The van der Waals surface area contributed by atoms with Crippen molar-refractivity contribution in [1.82, 2.24) is 19.9 Å². The van der Waals surface area contributed by atoms with Crippen LogP contribution in [-0.2, 0) is 11.3 Å². The molecule has 0 aliphatic carbocycles. The van der Waals surface area contributed by atoms with Crippen LogP contribution in [0.2, 0.25) is 10.0 Å². The summed E-state index contributed by atoms with van der Waals surface area (Å²) in [5.74, 6) is 2.19. The normalized spacial score (nSPS) is 14.4. The van der Waals surface area contributed by atoms with E-state index < -0.39 is 0 Å². The molecule has 1 aliphatic rings. The van der Waals surface area contributed by atoms with Crippen molar-refractivity contribution in [2.24, 2.45) is 0 Å². The lowest BCUT2D eigenvalue weighted by Crippen LogP contribution is -2.49. The van der Waals surface area contributed by atoms with E-state index in [1.54, 1.807) is 30.2 Å². The van der Waals surface area contributed by atoms with Gasteiger partial charge in [-0.25, -0.2) is 0 Å². The number of nitrogens with zero attached hydrogens (tertiary/aromatic N) is 4. The maximum absolute atomic E-state index is 12.5. The minimum Gasteiger partial charge on any atom is -0.497 e. The Balaban J connectivity index is 1.25. The highest BCUT2D eigenvalue weighted by Crippen LogP contribution is 2.27. The lowest BCUT2D eigenvalue weighted by atomic mass is 10.2. The summed E-state index contributed by atoms with van der Waals surface area (Å²) in [6.45, 7) is 3.05. The quantitative estimate of drug-likeness (QED) is 0.513. The molecule has 0 N–H and O–H groups in total. The largest absolute Gasteiger partial charge is 0.497 e. The van der Waals surface area contributed by atoms with Gasteiger partial charge < -0.3 is 18.9 Å². The molecule has 0 spiro atoms. The number of hydrogen-bond acceptors (Lipinski definition) is 7. The third-order valence-electron chi connectivity index (χ3n) is 5.15. The molecular formula is C22H22Cl2N4O4. The van der Waals surface area contributed by atoms with Crippen molar-refractivity contribution in [3.8, 4) is 22.9 Å². The Kier molecular flexibility index (Phi) is 7.14. The highest BCUT2D eigenvalue weighted by molar-refractivity contribution is 6.35. The first-order valence-corrected chi connectivity index (χ1v) is 10.8. The van der Waals surface area contributed by atoms with Gasteiger partial charge in [0.05, 0.1) is 18.7 Å². The van der Waals surface area contributed by atoms with Gasteiger partial charge in [-0.3, -0.25) is 9.69 Å². The molecule has 168 valence electrons. The van der Waals surface area contributed by atoms with E-state index in [1.807, 2.05) is 24.3 Å². The van der Waals surface area contributed by atoms with Gasteiger partial charge in [0, 0.05) is 36.8 Å². The maximum Gasteiger partial charge on any atom is 0.260 e. The lowest BCUT2D eigenvalue weighted by Gasteiger charge is -2.33. The van der Waals surface area contributed by atoms with Crippen LogP contribution in [-0.4, -0.2) is 65.7 Å². The number of rotatable bonds is 7. The van der Waals surface area contributed by atoms with Crippen molar-refractivity contribution >= 4 is 29.1 Å². The van der Waals surface area contributed by atoms with Crippen LogP contribution in [0.3, 0.4) is 0 Å². The van der Waals surface area contributed by atoms with E-state index in [2.05, 4.69) is 15.0 Å². The van der Waals surface area contributed by atoms with Crippen LogP contribution in [0, 0.1) is 0 Å².